The van der Waals surface area contributed by atoms with Crippen LogP contribution in [-0.2, 0) is 6.54 Å². The minimum absolute atomic E-state index is 0.155. The molecule has 0 radical (unpaired) electrons. The monoisotopic (exact) mass is 369 g/mol. The van der Waals surface area contributed by atoms with E-state index in [1.165, 1.54) is 18.0 Å². The molecule has 8 nitrogen and oxygen atoms in total. The first-order valence-electron chi connectivity index (χ1n) is 8.94. The largest absolute Gasteiger partial charge is 0.476 e. The molecule has 1 aromatic carbocycles. The Hall–Kier alpha value is -2.84. The van der Waals surface area contributed by atoms with Gasteiger partial charge in [-0.2, -0.15) is 0 Å². The summed E-state index contributed by atoms with van der Waals surface area (Å²) in [6.45, 7) is 5.95. The normalized spacial score (nSPS) is 15.4. The van der Waals surface area contributed by atoms with Crippen LogP contribution in [0.4, 0.5) is 0 Å². The number of benzene rings is 1. The first kappa shape index (κ1) is 18.9. The molecule has 3 rings (SSSR count). The van der Waals surface area contributed by atoms with Crippen LogP contribution in [0.25, 0.3) is 0 Å². The number of rotatable bonds is 7. The van der Waals surface area contributed by atoms with Crippen molar-refractivity contribution >= 4 is 11.9 Å². The van der Waals surface area contributed by atoms with Gasteiger partial charge in [-0.25, -0.2) is 14.8 Å². The molecule has 0 spiro atoms. The highest BCUT2D eigenvalue weighted by atomic mass is 16.4. The van der Waals surface area contributed by atoms with Crippen molar-refractivity contribution in [1.29, 1.82) is 0 Å². The Morgan fingerprint density at radius 3 is 2.26 bits per heavy atom. The maximum Gasteiger partial charge on any atom is 0.356 e. The van der Waals surface area contributed by atoms with Crippen LogP contribution in [-0.4, -0.2) is 76.0 Å². The molecule has 1 aliphatic heterocycles. The SMILES string of the molecule is O=C(O)c1nccnc1C(=O)NCCN1CCN(Cc2ccccc2)CC1. The van der Waals surface area contributed by atoms with E-state index in [1.807, 2.05) is 6.07 Å². The van der Waals surface area contributed by atoms with Crippen molar-refractivity contribution in [3.63, 3.8) is 0 Å². The lowest BCUT2D eigenvalue weighted by atomic mass is 10.2. The summed E-state index contributed by atoms with van der Waals surface area (Å²) in [5, 5.41) is 11.8. The number of nitrogens with one attached hydrogen (secondary N) is 1. The lowest BCUT2D eigenvalue weighted by Gasteiger charge is -2.34. The first-order valence-corrected chi connectivity index (χ1v) is 8.94. The number of piperazine rings is 1. The van der Waals surface area contributed by atoms with Gasteiger partial charge in [0.05, 0.1) is 0 Å². The van der Waals surface area contributed by atoms with E-state index in [-0.39, 0.29) is 11.4 Å². The van der Waals surface area contributed by atoms with E-state index >= 15 is 0 Å². The molecule has 1 aliphatic rings. The van der Waals surface area contributed by atoms with E-state index < -0.39 is 11.9 Å². The zero-order valence-corrected chi connectivity index (χ0v) is 15.0. The van der Waals surface area contributed by atoms with Crippen LogP contribution in [0.5, 0.6) is 0 Å². The highest BCUT2D eigenvalue weighted by Crippen LogP contribution is 2.08. The maximum atomic E-state index is 12.2. The summed E-state index contributed by atoms with van der Waals surface area (Å²) in [5.74, 6) is -1.77. The number of nitrogens with zero attached hydrogens (tertiary/aromatic N) is 4. The molecule has 0 atom stereocenters. The molecule has 0 unspecified atom stereocenters. The van der Waals surface area contributed by atoms with Crippen LogP contribution < -0.4 is 5.32 Å². The predicted octanol–water partition coefficient (Wildman–Crippen LogP) is 0.722. The number of carbonyl (C=O) groups is 2. The molecule has 2 aromatic rings. The third-order valence-electron chi connectivity index (χ3n) is 4.54. The van der Waals surface area contributed by atoms with Crippen LogP contribution in [0.2, 0.25) is 0 Å². The second-order valence-electron chi connectivity index (χ2n) is 6.42. The summed E-state index contributed by atoms with van der Waals surface area (Å²) in [5.41, 5.74) is 0.832. The Kier molecular flexibility index (Phi) is 6.45. The second-order valence-corrected chi connectivity index (χ2v) is 6.42. The molecule has 0 aliphatic carbocycles. The van der Waals surface area contributed by atoms with E-state index in [0.717, 1.165) is 32.7 Å². The molecule has 1 fully saturated rings. The van der Waals surface area contributed by atoms with Gasteiger partial charge < -0.3 is 10.4 Å². The molecule has 0 saturated carbocycles. The molecule has 1 amide bonds. The highest BCUT2D eigenvalue weighted by Gasteiger charge is 2.20. The van der Waals surface area contributed by atoms with Gasteiger partial charge in [0, 0.05) is 58.2 Å². The van der Waals surface area contributed by atoms with Gasteiger partial charge in [-0.05, 0) is 5.56 Å². The minimum atomic E-state index is -1.26. The van der Waals surface area contributed by atoms with Gasteiger partial charge in [-0.15, -0.1) is 0 Å². The fourth-order valence-electron chi connectivity index (χ4n) is 3.08. The Morgan fingerprint density at radius 2 is 1.59 bits per heavy atom. The fraction of sp³-hybridized carbons (Fsp3) is 0.368. The average Bonchev–Trinajstić information content (AvgIpc) is 2.70. The van der Waals surface area contributed by atoms with Crippen molar-refractivity contribution in [1.82, 2.24) is 25.1 Å². The zero-order chi connectivity index (χ0) is 19.1. The average molecular weight is 369 g/mol. The van der Waals surface area contributed by atoms with E-state index in [0.29, 0.717) is 13.1 Å². The topological polar surface area (TPSA) is 98.7 Å². The van der Waals surface area contributed by atoms with Crippen LogP contribution in [0.3, 0.4) is 0 Å². The highest BCUT2D eigenvalue weighted by molar-refractivity contribution is 6.01. The number of aromatic carboxylic acids is 1. The number of aromatic nitrogens is 2. The smallest absolute Gasteiger partial charge is 0.356 e. The number of carboxylic acid groups (broad SMARTS) is 1. The van der Waals surface area contributed by atoms with Gasteiger partial charge in [0.25, 0.3) is 5.91 Å². The van der Waals surface area contributed by atoms with Crippen molar-refractivity contribution in [2.45, 2.75) is 6.54 Å². The molecule has 27 heavy (non-hydrogen) atoms. The molecule has 0 bridgehead atoms. The summed E-state index contributed by atoms with van der Waals surface area (Å²) < 4.78 is 0. The maximum absolute atomic E-state index is 12.2. The molecule has 2 heterocycles. The molecular weight excluding hydrogens is 346 g/mol. The van der Waals surface area contributed by atoms with Gasteiger partial charge in [-0.3, -0.25) is 14.6 Å². The van der Waals surface area contributed by atoms with Crippen LogP contribution >= 0.6 is 0 Å². The van der Waals surface area contributed by atoms with E-state index in [4.69, 9.17) is 5.11 Å². The van der Waals surface area contributed by atoms with E-state index in [2.05, 4.69) is 49.4 Å². The summed E-state index contributed by atoms with van der Waals surface area (Å²) >= 11 is 0. The predicted molar refractivity (Wildman–Crippen MR) is 99.5 cm³/mol. The quantitative estimate of drug-likeness (QED) is 0.742. The molecular formula is C19H23N5O3. The molecule has 1 aromatic heterocycles. The number of hydrogen-bond acceptors (Lipinski definition) is 6. The van der Waals surface area contributed by atoms with Gasteiger partial charge in [-0.1, -0.05) is 30.3 Å². The molecule has 142 valence electrons. The summed E-state index contributed by atoms with van der Waals surface area (Å²) in [7, 11) is 0. The van der Waals surface area contributed by atoms with E-state index in [9.17, 15) is 9.59 Å². The van der Waals surface area contributed by atoms with Gasteiger partial charge >= 0.3 is 5.97 Å². The molecule has 2 N–H and O–H groups in total. The minimum Gasteiger partial charge on any atom is -0.476 e. The lowest BCUT2D eigenvalue weighted by molar-refractivity contribution is 0.0682. The van der Waals surface area contributed by atoms with E-state index in [1.54, 1.807) is 0 Å². The van der Waals surface area contributed by atoms with Crippen molar-refractivity contribution < 1.29 is 14.7 Å². The zero-order valence-electron chi connectivity index (χ0n) is 15.0. The third kappa shape index (κ3) is 5.32. The first-order chi connectivity index (χ1) is 13.1. The Balaban J connectivity index is 1.40. The Bertz CT molecular complexity index is 776. The summed E-state index contributed by atoms with van der Waals surface area (Å²) in [6, 6.07) is 10.4. The van der Waals surface area contributed by atoms with Crippen molar-refractivity contribution in [2.75, 3.05) is 39.3 Å². The number of carboxylic acids is 1. The third-order valence-corrected chi connectivity index (χ3v) is 4.54. The van der Waals surface area contributed by atoms with Gasteiger partial charge in [0.15, 0.2) is 11.4 Å². The molecule has 1 saturated heterocycles. The van der Waals surface area contributed by atoms with Crippen molar-refractivity contribution in [3.05, 3.63) is 59.7 Å². The summed E-state index contributed by atoms with van der Waals surface area (Å²) in [6.07, 6.45) is 2.57. The Labute approximate surface area is 157 Å². The number of hydrogen-bond donors (Lipinski definition) is 2. The second kappa shape index (κ2) is 9.20. The van der Waals surface area contributed by atoms with Gasteiger partial charge in [0.1, 0.15) is 0 Å². The molecule has 8 heteroatoms. The number of amides is 1. The Morgan fingerprint density at radius 1 is 0.963 bits per heavy atom. The fourth-order valence-corrected chi connectivity index (χ4v) is 3.08. The van der Waals surface area contributed by atoms with Crippen LogP contribution in [0.15, 0.2) is 42.7 Å². The van der Waals surface area contributed by atoms with Crippen molar-refractivity contribution in [3.8, 4) is 0 Å². The standard InChI is InChI=1S/C19H23N5O3/c25-18(16-17(19(26)27)21-7-6-20-16)22-8-9-23-10-12-24(13-11-23)14-15-4-2-1-3-5-15/h1-7H,8-14H2,(H,22,25)(H,26,27). The summed E-state index contributed by atoms with van der Waals surface area (Å²) in [4.78, 5) is 35.5. The van der Waals surface area contributed by atoms with Gasteiger partial charge in [0.2, 0.25) is 0 Å². The van der Waals surface area contributed by atoms with Crippen molar-refractivity contribution in [2.24, 2.45) is 0 Å². The number of carbonyl (C=O) groups excluding carboxylic acids is 1. The van der Waals surface area contributed by atoms with Crippen LogP contribution in [0.1, 0.15) is 26.5 Å². The lowest BCUT2D eigenvalue weighted by Crippen LogP contribution is -2.48. The van der Waals surface area contributed by atoms with Crippen LogP contribution in [0, 0.1) is 0 Å².